The molecule has 1 aliphatic rings. The van der Waals surface area contributed by atoms with Crippen molar-refractivity contribution in [2.45, 2.75) is 100 Å². The number of nitrogens with zero attached hydrogens (tertiary/aromatic N) is 1. The van der Waals surface area contributed by atoms with Crippen LogP contribution in [0.2, 0.25) is 0 Å². The van der Waals surface area contributed by atoms with Crippen LogP contribution in [-0.4, -0.2) is 112 Å². The lowest BCUT2D eigenvalue weighted by molar-refractivity contribution is -0.145. The van der Waals surface area contributed by atoms with Crippen LogP contribution in [0.25, 0.3) is 0 Å². The molecule has 1 aromatic rings. The minimum atomic E-state index is -1.64. The van der Waals surface area contributed by atoms with Crippen molar-refractivity contribution >= 4 is 59.1 Å². The molecule has 0 radical (unpaired) electrons. The summed E-state index contributed by atoms with van der Waals surface area (Å²) in [6.45, 7) is -0.00588. The number of nitrogens with one attached hydrogen (secondary N) is 4. The summed E-state index contributed by atoms with van der Waals surface area (Å²) < 4.78 is 0. The average molecular weight is 761 g/mol. The summed E-state index contributed by atoms with van der Waals surface area (Å²) in [4.78, 5) is 126. The molecule has 0 aliphatic carbocycles. The van der Waals surface area contributed by atoms with Gasteiger partial charge in [-0.15, -0.1) is 0 Å². The van der Waals surface area contributed by atoms with Gasteiger partial charge in [-0.25, -0.2) is 4.79 Å². The second kappa shape index (κ2) is 21.4. The minimum absolute atomic E-state index is 0.00588. The molecule has 296 valence electrons. The highest BCUT2D eigenvalue weighted by atomic mass is 16.4. The molecular formula is C33H48N10O11. The predicted molar refractivity (Wildman–Crippen MR) is 187 cm³/mol. The quantitative estimate of drug-likeness (QED) is 0.0503. The van der Waals surface area contributed by atoms with Gasteiger partial charge in [-0.3, -0.25) is 43.2 Å². The van der Waals surface area contributed by atoms with Crippen molar-refractivity contribution in [2.75, 3.05) is 6.54 Å². The van der Waals surface area contributed by atoms with Crippen LogP contribution in [0.1, 0.15) is 63.4 Å². The normalized spacial score (nSPS) is 16.4. The van der Waals surface area contributed by atoms with E-state index in [4.69, 9.17) is 28.7 Å². The Balaban J connectivity index is 2.35. The van der Waals surface area contributed by atoms with Crippen LogP contribution in [0.15, 0.2) is 30.3 Å². The molecule has 1 aliphatic heterocycles. The van der Waals surface area contributed by atoms with Crippen LogP contribution >= 0.6 is 0 Å². The molecule has 21 heteroatoms. The maximum Gasteiger partial charge on any atom is 0.326 e. The molecule has 0 saturated carbocycles. The number of primary amides is 4. The summed E-state index contributed by atoms with van der Waals surface area (Å²) in [5.74, 6) is -9.26. The maximum absolute atomic E-state index is 13.9. The number of benzene rings is 1. The Kier molecular flexibility index (Phi) is 17.5. The molecular weight excluding hydrogens is 712 g/mol. The Morgan fingerprint density at radius 2 is 1.19 bits per heavy atom. The standard InChI is InChI=1S/C33H48N10O11/c34-18(8-11-24(35)44)28(48)39-19(9-12-25(36)45)29(49)41-21(15-17-5-2-1-3-6-17)30(50)42-22(16-27(38)47)32(52)43-14-4-7-23(43)31(51)40-20(33(53)54)10-13-26(37)46/h1-3,5-6,18-23H,4,7-16,34H2,(H2,35,44)(H2,36,45)(H2,37,46)(H2,38,47)(H,39,48)(H,40,51)(H,41,49)(H,42,50)(H,53,54)/t18-,19-,20-,21-,22-,23-/m0/s1. The number of carbonyl (C=O) groups is 10. The van der Waals surface area contributed by atoms with Crippen molar-refractivity contribution in [3.05, 3.63) is 35.9 Å². The third-order valence-corrected chi connectivity index (χ3v) is 8.42. The highest BCUT2D eigenvalue weighted by molar-refractivity contribution is 5.98. The first-order chi connectivity index (χ1) is 25.4. The Morgan fingerprint density at radius 3 is 1.74 bits per heavy atom. The van der Waals surface area contributed by atoms with Crippen molar-refractivity contribution in [3.8, 4) is 0 Å². The third kappa shape index (κ3) is 14.9. The number of carboxylic acid groups (broad SMARTS) is 1. The molecule has 0 bridgehead atoms. The number of nitrogens with two attached hydrogens (primary N) is 5. The van der Waals surface area contributed by atoms with E-state index >= 15 is 0 Å². The Hall–Kier alpha value is -6.12. The number of likely N-dealkylation sites (tertiary alicyclic amines) is 1. The number of aliphatic carboxylic acids is 1. The zero-order chi connectivity index (χ0) is 40.5. The van der Waals surface area contributed by atoms with Crippen molar-refractivity contribution in [2.24, 2.45) is 28.7 Å². The van der Waals surface area contributed by atoms with Gasteiger partial charge in [0.25, 0.3) is 0 Å². The summed E-state index contributed by atoms with van der Waals surface area (Å²) in [5.41, 5.74) is 27.3. The van der Waals surface area contributed by atoms with Gasteiger partial charge >= 0.3 is 5.97 Å². The van der Waals surface area contributed by atoms with Crippen LogP contribution in [0.5, 0.6) is 0 Å². The first-order valence-electron chi connectivity index (χ1n) is 17.1. The van der Waals surface area contributed by atoms with Crippen molar-refractivity contribution < 1.29 is 53.1 Å². The fourth-order valence-electron chi connectivity index (χ4n) is 5.58. The van der Waals surface area contributed by atoms with Crippen LogP contribution in [0.3, 0.4) is 0 Å². The summed E-state index contributed by atoms with van der Waals surface area (Å²) in [6.07, 6.45) is -2.15. The lowest BCUT2D eigenvalue weighted by Crippen LogP contribution is -2.60. The molecule has 2 rings (SSSR count). The Labute approximate surface area is 309 Å². The molecule has 0 unspecified atom stereocenters. The fourth-order valence-corrected chi connectivity index (χ4v) is 5.58. The van der Waals surface area contributed by atoms with Crippen molar-refractivity contribution in [3.63, 3.8) is 0 Å². The van der Waals surface area contributed by atoms with Crippen LogP contribution < -0.4 is 49.9 Å². The van der Waals surface area contributed by atoms with E-state index in [1.807, 2.05) is 0 Å². The Bertz CT molecular complexity index is 1570. The molecule has 1 saturated heterocycles. The summed E-state index contributed by atoms with van der Waals surface area (Å²) in [7, 11) is 0. The first-order valence-corrected chi connectivity index (χ1v) is 17.1. The highest BCUT2D eigenvalue weighted by Crippen LogP contribution is 2.20. The van der Waals surface area contributed by atoms with E-state index in [-0.39, 0.29) is 57.9 Å². The average Bonchev–Trinajstić information content (AvgIpc) is 3.60. The van der Waals surface area contributed by atoms with E-state index in [2.05, 4.69) is 21.3 Å². The number of amides is 9. The smallest absolute Gasteiger partial charge is 0.326 e. The molecule has 9 amide bonds. The molecule has 54 heavy (non-hydrogen) atoms. The SMILES string of the molecule is NC(=O)CC[C@H](NC(=O)[C@@H]1CCCN1C(=O)[C@H](CC(N)=O)NC(=O)[C@H](Cc1ccccc1)NC(=O)[C@H](CCC(N)=O)NC(=O)[C@@H](N)CCC(N)=O)C(=O)O. The molecule has 15 N–H and O–H groups in total. The van der Waals surface area contributed by atoms with Gasteiger partial charge in [0.1, 0.15) is 30.2 Å². The van der Waals surface area contributed by atoms with Crippen molar-refractivity contribution in [1.29, 1.82) is 0 Å². The maximum atomic E-state index is 13.9. The monoisotopic (exact) mass is 760 g/mol. The molecule has 1 fully saturated rings. The van der Waals surface area contributed by atoms with Crippen LogP contribution in [0.4, 0.5) is 0 Å². The van der Waals surface area contributed by atoms with E-state index in [0.29, 0.717) is 12.0 Å². The van der Waals surface area contributed by atoms with Gasteiger partial charge in [-0.2, -0.15) is 0 Å². The van der Waals surface area contributed by atoms with Crippen molar-refractivity contribution in [1.82, 2.24) is 26.2 Å². The van der Waals surface area contributed by atoms with Gasteiger partial charge < -0.3 is 59.9 Å². The largest absolute Gasteiger partial charge is 0.480 e. The van der Waals surface area contributed by atoms with Gasteiger partial charge in [-0.1, -0.05) is 30.3 Å². The van der Waals surface area contributed by atoms with E-state index in [1.54, 1.807) is 30.3 Å². The van der Waals surface area contributed by atoms with Gasteiger partial charge in [-0.05, 0) is 37.7 Å². The molecule has 6 atom stereocenters. The number of hydrogen-bond acceptors (Lipinski definition) is 11. The van der Waals surface area contributed by atoms with E-state index < -0.39 is 102 Å². The molecule has 0 aromatic heterocycles. The third-order valence-electron chi connectivity index (χ3n) is 8.42. The molecule has 21 nitrogen and oxygen atoms in total. The summed E-state index contributed by atoms with van der Waals surface area (Å²) in [5, 5.41) is 19.1. The number of rotatable bonds is 23. The van der Waals surface area contributed by atoms with Gasteiger partial charge in [0.2, 0.25) is 53.2 Å². The number of carbonyl (C=O) groups excluding carboxylic acids is 9. The van der Waals surface area contributed by atoms with Crippen LogP contribution in [0, 0.1) is 0 Å². The lowest BCUT2D eigenvalue weighted by atomic mass is 10.0. The second-order valence-electron chi connectivity index (χ2n) is 12.8. The van der Waals surface area contributed by atoms with E-state index in [1.165, 1.54) is 0 Å². The fraction of sp³-hybridized carbons (Fsp3) is 0.515. The van der Waals surface area contributed by atoms with E-state index in [9.17, 15) is 53.1 Å². The van der Waals surface area contributed by atoms with Gasteiger partial charge in [0.15, 0.2) is 0 Å². The van der Waals surface area contributed by atoms with Gasteiger partial charge in [0.05, 0.1) is 12.5 Å². The zero-order valence-electron chi connectivity index (χ0n) is 29.5. The second-order valence-corrected chi connectivity index (χ2v) is 12.8. The Morgan fingerprint density at radius 1 is 0.667 bits per heavy atom. The molecule has 1 heterocycles. The molecule has 0 spiro atoms. The summed E-state index contributed by atoms with van der Waals surface area (Å²) in [6, 6.07) is -0.185. The zero-order valence-corrected chi connectivity index (χ0v) is 29.5. The highest BCUT2D eigenvalue weighted by Gasteiger charge is 2.40. The van der Waals surface area contributed by atoms with E-state index in [0.717, 1.165) is 4.90 Å². The summed E-state index contributed by atoms with van der Waals surface area (Å²) >= 11 is 0. The molecule has 1 aromatic carbocycles. The number of carboxylic acids is 1. The lowest BCUT2D eigenvalue weighted by Gasteiger charge is -2.30. The number of hydrogen-bond donors (Lipinski definition) is 10. The van der Waals surface area contributed by atoms with Crippen LogP contribution in [-0.2, 0) is 54.4 Å². The first kappa shape index (κ1) is 44.0. The predicted octanol–water partition coefficient (Wildman–Crippen LogP) is -4.76. The topological polar surface area (TPSA) is 372 Å². The van der Waals surface area contributed by atoms with Gasteiger partial charge in [0, 0.05) is 32.2 Å². The minimum Gasteiger partial charge on any atom is -0.480 e.